The molecule has 122 valence electrons. The summed E-state index contributed by atoms with van der Waals surface area (Å²) in [6, 6.07) is 7.43. The zero-order valence-corrected chi connectivity index (χ0v) is 13.7. The predicted molar refractivity (Wildman–Crippen MR) is 85.8 cm³/mol. The van der Waals surface area contributed by atoms with E-state index >= 15 is 0 Å². The minimum Gasteiger partial charge on any atom is -0.466 e. The molecular weight excluding hydrogens is 304 g/mol. The maximum Gasteiger partial charge on any atom is 0.306 e. The minimum absolute atomic E-state index is 0.0507. The highest BCUT2D eigenvalue weighted by atomic mass is 35.5. The van der Waals surface area contributed by atoms with E-state index in [1.54, 1.807) is 6.07 Å². The first kappa shape index (κ1) is 18.5. The number of carbonyl (C=O) groups is 2. The number of ether oxygens (including phenoxy) is 2. The summed E-state index contributed by atoms with van der Waals surface area (Å²) in [5.41, 5.74) is 0.937. The molecule has 0 radical (unpaired) electrons. The largest absolute Gasteiger partial charge is 0.466 e. The highest BCUT2D eigenvalue weighted by molar-refractivity contribution is 6.31. The molecule has 0 spiro atoms. The van der Waals surface area contributed by atoms with Gasteiger partial charge >= 0.3 is 11.9 Å². The third-order valence-corrected chi connectivity index (χ3v) is 3.51. The summed E-state index contributed by atoms with van der Waals surface area (Å²) < 4.78 is 10.1. The lowest BCUT2D eigenvalue weighted by Crippen LogP contribution is -2.12. The average molecular weight is 327 g/mol. The van der Waals surface area contributed by atoms with Crippen molar-refractivity contribution in [3.8, 4) is 0 Å². The van der Waals surface area contributed by atoms with E-state index in [4.69, 9.17) is 21.1 Å². The molecular formula is C17H23ClO4. The number of hydrogen-bond acceptors (Lipinski definition) is 4. The smallest absolute Gasteiger partial charge is 0.306 e. The molecule has 0 heterocycles. The van der Waals surface area contributed by atoms with E-state index in [1.165, 1.54) is 0 Å². The molecule has 0 saturated carbocycles. The lowest BCUT2D eigenvalue weighted by molar-refractivity contribution is -0.150. The number of carbonyl (C=O) groups excluding carboxylic acids is 2. The van der Waals surface area contributed by atoms with Crippen molar-refractivity contribution >= 4 is 23.5 Å². The molecule has 5 heteroatoms. The Balaban J connectivity index is 2.11. The Hall–Kier alpha value is -1.55. The Morgan fingerprint density at radius 1 is 1.00 bits per heavy atom. The van der Waals surface area contributed by atoms with Crippen molar-refractivity contribution in [1.82, 2.24) is 0 Å². The summed E-state index contributed by atoms with van der Waals surface area (Å²) in [7, 11) is 0. The van der Waals surface area contributed by atoms with Crippen molar-refractivity contribution in [2.45, 2.75) is 45.4 Å². The van der Waals surface area contributed by atoms with E-state index in [2.05, 4.69) is 6.92 Å². The van der Waals surface area contributed by atoms with Crippen LogP contribution in [0.4, 0.5) is 0 Å². The van der Waals surface area contributed by atoms with Crippen molar-refractivity contribution in [1.29, 1.82) is 0 Å². The van der Waals surface area contributed by atoms with Crippen molar-refractivity contribution in [2.75, 3.05) is 13.2 Å². The van der Waals surface area contributed by atoms with Crippen molar-refractivity contribution in [3.63, 3.8) is 0 Å². The van der Waals surface area contributed by atoms with Crippen LogP contribution in [-0.2, 0) is 25.5 Å². The third kappa shape index (κ3) is 8.03. The number of unbranched alkanes of at least 4 members (excludes halogenated alkanes) is 2. The molecule has 0 fully saturated rings. The second-order valence-electron chi connectivity index (χ2n) is 4.99. The summed E-state index contributed by atoms with van der Waals surface area (Å²) in [5, 5.41) is 0.661. The zero-order valence-electron chi connectivity index (χ0n) is 13.0. The first-order valence-electron chi connectivity index (χ1n) is 7.68. The molecule has 0 aliphatic rings. The van der Waals surface area contributed by atoms with E-state index in [0.29, 0.717) is 18.1 Å². The molecule has 22 heavy (non-hydrogen) atoms. The van der Waals surface area contributed by atoms with E-state index in [-0.39, 0.29) is 25.4 Å². The molecule has 1 aromatic carbocycles. The highest BCUT2D eigenvalue weighted by Gasteiger charge is 2.09. The normalized spacial score (nSPS) is 10.3. The summed E-state index contributed by atoms with van der Waals surface area (Å²) >= 11 is 6.01. The molecule has 0 atom stereocenters. The number of hydrogen-bond donors (Lipinski definition) is 0. The van der Waals surface area contributed by atoms with Crippen LogP contribution in [0.15, 0.2) is 24.3 Å². The van der Waals surface area contributed by atoms with Gasteiger partial charge in [0.05, 0.1) is 26.1 Å². The Morgan fingerprint density at radius 3 is 2.27 bits per heavy atom. The van der Waals surface area contributed by atoms with Gasteiger partial charge in [-0.15, -0.1) is 0 Å². The van der Waals surface area contributed by atoms with Crippen LogP contribution < -0.4 is 0 Å². The van der Waals surface area contributed by atoms with Crippen LogP contribution in [0.25, 0.3) is 0 Å². The molecule has 0 aliphatic carbocycles. The van der Waals surface area contributed by atoms with Gasteiger partial charge in [0.2, 0.25) is 0 Å². The van der Waals surface area contributed by atoms with Crippen molar-refractivity contribution < 1.29 is 19.1 Å². The van der Waals surface area contributed by atoms with Gasteiger partial charge in [0.1, 0.15) is 0 Å². The topological polar surface area (TPSA) is 52.6 Å². The molecule has 0 unspecified atom stereocenters. The maximum atomic E-state index is 11.5. The average Bonchev–Trinajstić information content (AvgIpc) is 2.51. The maximum absolute atomic E-state index is 11.5. The van der Waals surface area contributed by atoms with E-state index in [9.17, 15) is 9.59 Å². The molecule has 1 rings (SSSR count). The van der Waals surface area contributed by atoms with Crippen LogP contribution in [-0.4, -0.2) is 25.2 Å². The van der Waals surface area contributed by atoms with Gasteiger partial charge in [0.15, 0.2) is 0 Å². The van der Waals surface area contributed by atoms with Gasteiger partial charge in [-0.2, -0.15) is 0 Å². The molecule has 0 aromatic heterocycles. The zero-order chi connectivity index (χ0) is 16.2. The van der Waals surface area contributed by atoms with Crippen LogP contribution in [0, 0.1) is 0 Å². The van der Waals surface area contributed by atoms with Gasteiger partial charge in [-0.05, 0) is 18.1 Å². The Bertz CT molecular complexity index is 473. The van der Waals surface area contributed by atoms with Gasteiger partial charge < -0.3 is 9.47 Å². The fraction of sp³-hybridized carbons (Fsp3) is 0.529. The standard InChI is InChI=1S/C17H23ClO4/c1-2-3-6-12-21-16(19)9-10-17(20)22-13-11-14-7-4-5-8-15(14)18/h4-5,7-8H,2-3,6,9-13H2,1H3. The SMILES string of the molecule is CCCCCOC(=O)CCC(=O)OCCc1ccccc1Cl. The number of rotatable bonds is 10. The molecule has 1 aromatic rings. The van der Waals surface area contributed by atoms with Crippen LogP contribution in [0.2, 0.25) is 5.02 Å². The fourth-order valence-electron chi connectivity index (χ4n) is 1.86. The summed E-state index contributed by atoms with van der Waals surface area (Å²) in [6.45, 7) is 2.77. The lowest BCUT2D eigenvalue weighted by atomic mass is 10.2. The Kier molecular flexibility index (Phi) is 9.31. The Morgan fingerprint density at radius 2 is 1.64 bits per heavy atom. The molecule has 4 nitrogen and oxygen atoms in total. The summed E-state index contributed by atoms with van der Waals surface area (Å²) in [4.78, 5) is 22.9. The van der Waals surface area contributed by atoms with Crippen molar-refractivity contribution in [2.24, 2.45) is 0 Å². The number of halogens is 1. The van der Waals surface area contributed by atoms with Gasteiger partial charge in [-0.3, -0.25) is 9.59 Å². The first-order valence-corrected chi connectivity index (χ1v) is 8.06. The lowest BCUT2D eigenvalue weighted by Gasteiger charge is -2.07. The van der Waals surface area contributed by atoms with E-state index < -0.39 is 5.97 Å². The second-order valence-corrected chi connectivity index (χ2v) is 5.40. The number of benzene rings is 1. The van der Waals surface area contributed by atoms with Gasteiger partial charge in [-0.1, -0.05) is 49.6 Å². The predicted octanol–water partition coefficient (Wildman–Crippen LogP) is 3.94. The van der Waals surface area contributed by atoms with Crippen molar-refractivity contribution in [3.05, 3.63) is 34.9 Å². The summed E-state index contributed by atoms with van der Waals surface area (Å²) in [6.07, 6.45) is 3.66. The third-order valence-electron chi connectivity index (χ3n) is 3.14. The van der Waals surface area contributed by atoms with Gasteiger partial charge in [0.25, 0.3) is 0 Å². The van der Waals surface area contributed by atoms with E-state index in [1.807, 2.05) is 18.2 Å². The monoisotopic (exact) mass is 326 g/mol. The molecule has 0 amide bonds. The fourth-order valence-corrected chi connectivity index (χ4v) is 2.09. The minimum atomic E-state index is -0.391. The highest BCUT2D eigenvalue weighted by Crippen LogP contribution is 2.15. The van der Waals surface area contributed by atoms with Gasteiger partial charge in [-0.25, -0.2) is 0 Å². The Labute approximate surface area is 136 Å². The van der Waals surface area contributed by atoms with E-state index in [0.717, 1.165) is 24.8 Å². The number of esters is 2. The molecule has 0 N–H and O–H groups in total. The second kappa shape index (κ2) is 11.1. The van der Waals surface area contributed by atoms with Crippen LogP contribution in [0.1, 0.15) is 44.6 Å². The molecule has 0 aliphatic heterocycles. The quantitative estimate of drug-likeness (QED) is 0.482. The summed E-state index contributed by atoms with van der Waals surface area (Å²) in [5.74, 6) is -0.739. The van der Waals surface area contributed by atoms with Gasteiger partial charge in [0, 0.05) is 11.4 Å². The van der Waals surface area contributed by atoms with Crippen LogP contribution >= 0.6 is 11.6 Å². The van der Waals surface area contributed by atoms with Crippen LogP contribution in [0.3, 0.4) is 0 Å². The first-order chi connectivity index (χ1) is 10.6. The molecule has 0 bridgehead atoms. The molecule has 0 saturated heterocycles. The van der Waals surface area contributed by atoms with Crippen LogP contribution in [0.5, 0.6) is 0 Å².